The van der Waals surface area contributed by atoms with Crippen LogP contribution in [0.25, 0.3) is 10.9 Å². The summed E-state index contributed by atoms with van der Waals surface area (Å²) in [5, 5.41) is 0.874. The van der Waals surface area contributed by atoms with Gasteiger partial charge in [0.25, 0.3) is 5.56 Å². The summed E-state index contributed by atoms with van der Waals surface area (Å²) in [6.07, 6.45) is 0.596. The Balaban J connectivity index is 2.10. The average Bonchev–Trinajstić information content (AvgIpc) is 2.39. The Morgan fingerprint density at radius 3 is 2.63 bits per heavy atom. The smallest absolute Gasteiger partial charge is 0.260 e. The lowest BCUT2D eigenvalue weighted by Crippen LogP contribution is -2.12. The third kappa shape index (κ3) is 2.37. The van der Waals surface area contributed by atoms with Crippen molar-refractivity contribution in [3.05, 3.63) is 75.3 Å². The zero-order valence-electron chi connectivity index (χ0n) is 10.1. The van der Waals surface area contributed by atoms with Crippen LogP contribution in [0.1, 0.15) is 11.4 Å². The molecule has 2 aromatic carbocycles. The van der Waals surface area contributed by atoms with Gasteiger partial charge in [0.05, 0.1) is 15.9 Å². The molecular weight excluding hydrogens is 260 g/mol. The van der Waals surface area contributed by atoms with E-state index in [0.717, 1.165) is 5.56 Å². The molecule has 4 heteroatoms. The molecular formula is C15H11ClN2O. The molecule has 1 N–H and O–H groups in total. The number of hydrogen-bond acceptors (Lipinski definition) is 2. The molecule has 0 aliphatic rings. The number of aromatic amines is 1. The number of halogens is 1. The van der Waals surface area contributed by atoms with Gasteiger partial charge in [0, 0.05) is 6.42 Å². The molecule has 0 aliphatic heterocycles. The lowest BCUT2D eigenvalue weighted by molar-refractivity contribution is 0.973. The number of rotatable bonds is 2. The van der Waals surface area contributed by atoms with E-state index in [4.69, 9.17) is 11.6 Å². The fourth-order valence-corrected chi connectivity index (χ4v) is 2.33. The first kappa shape index (κ1) is 11.9. The first-order valence-corrected chi connectivity index (χ1v) is 6.33. The van der Waals surface area contributed by atoms with E-state index in [9.17, 15) is 4.79 Å². The summed E-state index contributed by atoms with van der Waals surface area (Å²) in [5.41, 5.74) is 1.54. The van der Waals surface area contributed by atoms with Crippen LogP contribution in [0, 0.1) is 0 Å². The SMILES string of the molecule is O=c1[nH]c(Cc2ccccc2)nc2cccc(Cl)c12. The monoisotopic (exact) mass is 270 g/mol. The van der Waals surface area contributed by atoms with Crippen LogP contribution in [0.2, 0.25) is 5.02 Å². The van der Waals surface area contributed by atoms with Crippen LogP contribution in [0.15, 0.2) is 53.3 Å². The Kier molecular flexibility index (Phi) is 3.05. The second-order valence-corrected chi connectivity index (χ2v) is 4.72. The molecule has 0 saturated carbocycles. The topological polar surface area (TPSA) is 45.8 Å². The number of fused-ring (bicyclic) bond motifs is 1. The molecule has 3 nitrogen and oxygen atoms in total. The third-order valence-electron chi connectivity index (χ3n) is 2.95. The fourth-order valence-electron chi connectivity index (χ4n) is 2.07. The van der Waals surface area contributed by atoms with Crippen LogP contribution in [0.5, 0.6) is 0 Å². The van der Waals surface area contributed by atoms with Crippen molar-refractivity contribution >= 4 is 22.5 Å². The molecule has 0 bridgehead atoms. The number of hydrogen-bond donors (Lipinski definition) is 1. The maximum absolute atomic E-state index is 12.0. The fraction of sp³-hybridized carbons (Fsp3) is 0.0667. The summed E-state index contributed by atoms with van der Waals surface area (Å²) < 4.78 is 0. The zero-order chi connectivity index (χ0) is 13.2. The molecule has 3 rings (SSSR count). The largest absolute Gasteiger partial charge is 0.310 e. The van der Waals surface area contributed by atoms with Crippen LogP contribution >= 0.6 is 11.6 Å². The molecule has 0 fully saturated rings. The summed E-state index contributed by atoms with van der Waals surface area (Å²) in [5.74, 6) is 0.644. The van der Waals surface area contributed by atoms with Crippen molar-refractivity contribution in [1.29, 1.82) is 0 Å². The van der Waals surface area contributed by atoms with E-state index in [1.807, 2.05) is 30.3 Å². The highest BCUT2D eigenvalue weighted by atomic mass is 35.5. The lowest BCUT2D eigenvalue weighted by Gasteiger charge is -2.04. The first-order chi connectivity index (χ1) is 9.24. The van der Waals surface area contributed by atoms with Crippen molar-refractivity contribution in [1.82, 2.24) is 9.97 Å². The van der Waals surface area contributed by atoms with Crippen molar-refractivity contribution in [3.63, 3.8) is 0 Å². The molecule has 0 radical (unpaired) electrons. The van der Waals surface area contributed by atoms with Gasteiger partial charge in [-0.2, -0.15) is 0 Å². The minimum absolute atomic E-state index is 0.193. The van der Waals surface area contributed by atoms with Gasteiger partial charge in [-0.15, -0.1) is 0 Å². The summed E-state index contributed by atoms with van der Waals surface area (Å²) >= 11 is 6.01. The van der Waals surface area contributed by atoms with Crippen molar-refractivity contribution in [3.8, 4) is 0 Å². The standard InChI is InChI=1S/C15H11ClN2O/c16-11-7-4-8-12-14(11)15(19)18-13(17-12)9-10-5-2-1-3-6-10/h1-8H,9H2,(H,17,18,19). The normalized spacial score (nSPS) is 10.8. The maximum atomic E-state index is 12.0. The van der Waals surface area contributed by atoms with E-state index >= 15 is 0 Å². The van der Waals surface area contributed by atoms with Gasteiger partial charge in [0.2, 0.25) is 0 Å². The van der Waals surface area contributed by atoms with Gasteiger partial charge in [-0.25, -0.2) is 4.98 Å². The van der Waals surface area contributed by atoms with E-state index < -0.39 is 0 Å². The molecule has 0 aliphatic carbocycles. The Bertz CT molecular complexity index is 781. The van der Waals surface area contributed by atoms with Crippen LogP contribution in [0.3, 0.4) is 0 Å². The van der Waals surface area contributed by atoms with Crippen LogP contribution in [-0.2, 0) is 6.42 Å². The minimum Gasteiger partial charge on any atom is -0.310 e. The second kappa shape index (κ2) is 4.86. The van der Waals surface area contributed by atoms with Gasteiger partial charge < -0.3 is 4.98 Å². The van der Waals surface area contributed by atoms with E-state index in [2.05, 4.69) is 9.97 Å². The molecule has 0 atom stereocenters. The van der Waals surface area contributed by atoms with Crippen molar-refractivity contribution in [2.45, 2.75) is 6.42 Å². The van der Waals surface area contributed by atoms with E-state index in [1.165, 1.54) is 0 Å². The summed E-state index contributed by atoms with van der Waals surface area (Å²) in [6.45, 7) is 0. The van der Waals surface area contributed by atoms with Crippen molar-refractivity contribution in [2.24, 2.45) is 0 Å². The molecule has 0 unspecified atom stereocenters. The third-order valence-corrected chi connectivity index (χ3v) is 3.26. The molecule has 0 amide bonds. The molecule has 1 aromatic heterocycles. The quantitative estimate of drug-likeness (QED) is 0.777. The average molecular weight is 271 g/mol. The Morgan fingerprint density at radius 1 is 1.05 bits per heavy atom. The molecule has 0 saturated heterocycles. The zero-order valence-corrected chi connectivity index (χ0v) is 10.8. The van der Waals surface area contributed by atoms with Crippen LogP contribution < -0.4 is 5.56 Å². The van der Waals surface area contributed by atoms with Crippen molar-refractivity contribution < 1.29 is 0 Å². The van der Waals surface area contributed by atoms with Crippen LogP contribution in [0.4, 0.5) is 0 Å². The molecule has 1 heterocycles. The summed E-state index contributed by atoms with van der Waals surface area (Å²) in [4.78, 5) is 19.3. The van der Waals surface area contributed by atoms with E-state index in [1.54, 1.807) is 18.2 Å². The predicted molar refractivity (Wildman–Crippen MR) is 76.6 cm³/mol. The minimum atomic E-state index is -0.193. The molecule has 19 heavy (non-hydrogen) atoms. The number of aromatic nitrogens is 2. The van der Waals surface area contributed by atoms with Gasteiger partial charge >= 0.3 is 0 Å². The molecule has 0 spiro atoms. The Hall–Kier alpha value is -2.13. The first-order valence-electron chi connectivity index (χ1n) is 5.95. The number of H-pyrrole nitrogens is 1. The highest BCUT2D eigenvalue weighted by Gasteiger charge is 2.07. The second-order valence-electron chi connectivity index (χ2n) is 4.31. The van der Waals surface area contributed by atoms with E-state index in [-0.39, 0.29) is 5.56 Å². The van der Waals surface area contributed by atoms with Gasteiger partial charge in [-0.1, -0.05) is 48.0 Å². The van der Waals surface area contributed by atoms with Gasteiger partial charge in [0.1, 0.15) is 5.82 Å². The van der Waals surface area contributed by atoms with Gasteiger partial charge in [0.15, 0.2) is 0 Å². The highest BCUT2D eigenvalue weighted by Crippen LogP contribution is 2.18. The lowest BCUT2D eigenvalue weighted by atomic mass is 10.1. The highest BCUT2D eigenvalue weighted by molar-refractivity contribution is 6.35. The molecule has 94 valence electrons. The number of nitrogens with one attached hydrogen (secondary N) is 1. The summed E-state index contributed by atoms with van der Waals surface area (Å²) in [6, 6.07) is 15.2. The molecule has 3 aromatic rings. The maximum Gasteiger partial charge on any atom is 0.260 e. The Labute approximate surface area is 114 Å². The van der Waals surface area contributed by atoms with Crippen LogP contribution in [-0.4, -0.2) is 9.97 Å². The predicted octanol–water partition coefficient (Wildman–Crippen LogP) is 3.17. The van der Waals surface area contributed by atoms with Gasteiger partial charge in [-0.3, -0.25) is 4.79 Å². The summed E-state index contributed by atoms with van der Waals surface area (Å²) in [7, 11) is 0. The van der Waals surface area contributed by atoms with Crippen molar-refractivity contribution in [2.75, 3.05) is 0 Å². The number of benzene rings is 2. The number of nitrogens with zero attached hydrogens (tertiary/aromatic N) is 1. The van der Waals surface area contributed by atoms with Gasteiger partial charge in [-0.05, 0) is 17.7 Å². The van der Waals surface area contributed by atoms with E-state index in [0.29, 0.717) is 28.2 Å². The Morgan fingerprint density at radius 2 is 1.84 bits per heavy atom.